The number of nitrogens with one attached hydrogen (secondary N) is 2. The number of hydrogen-bond donors (Lipinski definition) is 2. The molecule has 4 fully saturated rings. The molecule has 1 aromatic rings. The molecule has 4 aliphatic heterocycles. The number of amides is 3. The Morgan fingerprint density at radius 2 is 1.80 bits per heavy atom. The van der Waals surface area contributed by atoms with Gasteiger partial charge < -0.3 is 20.3 Å². The molecule has 2 unspecified atom stereocenters. The van der Waals surface area contributed by atoms with E-state index in [1.165, 1.54) is 18.4 Å². The molecule has 1 spiro atoms. The normalized spacial score (nSPS) is 30.1. The second-order valence-electron chi connectivity index (χ2n) is 11.6. The van der Waals surface area contributed by atoms with Crippen molar-refractivity contribution in [2.24, 2.45) is 11.8 Å². The van der Waals surface area contributed by atoms with Gasteiger partial charge in [0.25, 0.3) is 0 Å². The van der Waals surface area contributed by atoms with Gasteiger partial charge in [-0.3, -0.25) is 9.69 Å². The van der Waals surface area contributed by atoms with Crippen LogP contribution in [0, 0.1) is 11.8 Å². The second-order valence-corrected chi connectivity index (χ2v) is 11.6. The highest BCUT2D eigenvalue weighted by Gasteiger charge is 2.53. The fourth-order valence-electron chi connectivity index (χ4n) is 6.83. The second kappa shape index (κ2) is 10.5. The molecule has 35 heavy (non-hydrogen) atoms. The summed E-state index contributed by atoms with van der Waals surface area (Å²) in [4.78, 5) is 30.2. The predicted octanol–water partition coefficient (Wildman–Crippen LogP) is 3.71. The first-order chi connectivity index (χ1) is 16.9. The highest BCUT2D eigenvalue weighted by atomic mass is 16.5. The van der Waals surface area contributed by atoms with Crippen molar-refractivity contribution in [3.05, 3.63) is 35.9 Å². The third-order valence-electron chi connectivity index (χ3n) is 8.71. The van der Waals surface area contributed by atoms with Gasteiger partial charge in [0, 0.05) is 50.8 Å². The summed E-state index contributed by atoms with van der Waals surface area (Å²) in [6.07, 6.45) is 7.51. The molecule has 7 heteroatoms. The summed E-state index contributed by atoms with van der Waals surface area (Å²) in [5, 5.41) is 6.71. The smallest absolute Gasteiger partial charge is 0.317 e. The molecule has 7 nitrogen and oxygen atoms in total. The van der Waals surface area contributed by atoms with Crippen molar-refractivity contribution < 1.29 is 14.3 Å². The lowest BCUT2D eigenvalue weighted by Crippen LogP contribution is -2.57. The predicted molar refractivity (Wildman–Crippen MR) is 136 cm³/mol. The third kappa shape index (κ3) is 5.51. The Balaban J connectivity index is 1.20. The fraction of sp³-hybridized carbons (Fsp3) is 0.714. The minimum atomic E-state index is -0.0741. The van der Waals surface area contributed by atoms with Crippen LogP contribution in [0.1, 0.15) is 70.4 Å². The van der Waals surface area contributed by atoms with Gasteiger partial charge in [-0.2, -0.15) is 0 Å². The van der Waals surface area contributed by atoms with Crippen molar-refractivity contribution >= 4 is 11.9 Å². The van der Waals surface area contributed by atoms with Gasteiger partial charge in [-0.1, -0.05) is 44.2 Å². The largest absolute Gasteiger partial charge is 0.381 e. The van der Waals surface area contributed by atoms with Crippen LogP contribution < -0.4 is 10.6 Å². The molecule has 5 rings (SSSR count). The van der Waals surface area contributed by atoms with E-state index >= 15 is 0 Å². The molecule has 0 saturated carbocycles. The Kier molecular flexibility index (Phi) is 7.35. The minimum absolute atomic E-state index is 0.0257. The molecule has 4 saturated heterocycles. The van der Waals surface area contributed by atoms with Crippen molar-refractivity contribution in [2.45, 2.75) is 82.5 Å². The summed E-state index contributed by atoms with van der Waals surface area (Å²) >= 11 is 0. The molecule has 2 bridgehead atoms. The molecular formula is C28H42N4O3. The Hall–Kier alpha value is -2.12. The number of piperidine rings is 1. The molecular weight excluding hydrogens is 440 g/mol. The van der Waals surface area contributed by atoms with E-state index in [4.69, 9.17) is 4.74 Å². The van der Waals surface area contributed by atoms with Gasteiger partial charge in [0.15, 0.2) is 0 Å². The van der Waals surface area contributed by atoms with Crippen LogP contribution in [0.15, 0.2) is 30.3 Å². The Bertz CT molecular complexity index is 871. The number of carbonyl (C=O) groups excluding carboxylic acids is 2. The number of benzene rings is 1. The summed E-state index contributed by atoms with van der Waals surface area (Å²) in [6.45, 7) is 8.23. The minimum Gasteiger partial charge on any atom is -0.381 e. The topological polar surface area (TPSA) is 73.9 Å². The number of ether oxygens (including phenoxy) is 1. The lowest BCUT2D eigenvalue weighted by molar-refractivity contribution is -0.124. The first-order valence-electron chi connectivity index (χ1n) is 13.7. The summed E-state index contributed by atoms with van der Waals surface area (Å²) in [7, 11) is 0. The van der Waals surface area contributed by atoms with Crippen molar-refractivity contribution in [3.63, 3.8) is 0 Å². The maximum absolute atomic E-state index is 12.9. The maximum Gasteiger partial charge on any atom is 0.317 e. The highest BCUT2D eigenvalue weighted by Crippen LogP contribution is 2.43. The molecule has 0 radical (unpaired) electrons. The van der Waals surface area contributed by atoms with E-state index in [1.54, 1.807) is 0 Å². The number of carbonyl (C=O) groups is 2. The van der Waals surface area contributed by atoms with Gasteiger partial charge in [0.05, 0.1) is 11.6 Å². The molecule has 4 aliphatic rings. The molecule has 3 amide bonds. The van der Waals surface area contributed by atoms with E-state index in [1.807, 2.05) is 32.0 Å². The molecule has 0 aliphatic carbocycles. The van der Waals surface area contributed by atoms with Crippen molar-refractivity contribution in [2.75, 3.05) is 32.8 Å². The van der Waals surface area contributed by atoms with Gasteiger partial charge in [0.2, 0.25) is 5.91 Å². The first kappa shape index (κ1) is 24.6. The summed E-state index contributed by atoms with van der Waals surface area (Å²) in [6, 6.07) is 11.5. The molecule has 1 aromatic carbocycles. The molecule has 0 aromatic heterocycles. The zero-order valence-corrected chi connectivity index (χ0v) is 21.4. The Labute approximate surface area is 209 Å². The quantitative estimate of drug-likeness (QED) is 0.593. The van der Waals surface area contributed by atoms with Gasteiger partial charge in [-0.25, -0.2) is 4.79 Å². The number of urea groups is 1. The number of fused-ring (bicyclic) bond motifs is 2. The van der Waals surface area contributed by atoms with Crippen LogP contribution in [0.2, 0.25) is 0 Å². The molecule has 4 heterocycles. The zero-order chi connectivity index (χ0) is 24.4. The average molecular weight is 483 g/mol. The lowest BCUT2D eigenvalue weighted by Gasteiger charge is -2.45. The standard InChI is InChI=1S/C28H42N4O3/c1-20(2)26(33)29-25(22-6-4-3-5-7-22)10-13-32-23-8-9-24(32)17-28(16-23)19-31(27(34)30-28)18-21-11-14-35-15-12-21/h3-7,20-21,23-25H,8-19H2,1-2H3,(H,29,33)(H,30,34)/t23?,24?,25-,28?/m0/s1. The summed E-state index contributed by atoms with van der Waals surface area (Å²) in [5.74, 6) is 0.650. The Morgan fingerprint density at radius 3 is 2.46 bits per heavy atom. The van der Waals surface area contributed by atoms with Gasteiger partial charge in [-0.05, 0) is 56.4 Å². The van der Waals surface area contributed by atoms with E-state index in [0.717, 1.165) is 65.0 Å². The van der Waals surface area contributed by atoms with Crippen molar-refractivity contribution in [1.29, 1.82) is 0 Å². The summed E-state index contributed by atoms with van der Waals surface area (Å²) < 4.78 is 5.50. The maximum atomic E-state index is 12.9. The van der Waals surface area contributed by atoms with Gasteiger partial charge in [-0.15, -0.1) is 0 Å². The van der Waals surface area contributed by atoms with Crippen LogP contribution >= 0.6 is 0 Å². The van der Waals surface area contributed by atoms with Crippen molar-refractivity contribution in [3.8, 4) is 0 Å². The van der Waals surface area contributed by atoms with E-state index in [9.17, 15) is 9.59 Å². The van der Waals surface area contributed by atoms with Crippen molar-refractivity contribution in [1.82, 2.24) is 20.4 Å². The average Bonchev–Trinajstić information content (AvgIpc) is 3.29. The first-order valence-corrected chi connectivity index (χ1v) is 13.7. The van der Waals surface area contributed by atoms with Gasteiger partial charge in [0.1, 0.15) is 0 Å². The Morgan fingerprint density at radius 1 is 1.11 bits per heavy atom. The van der Waals surface area contributed by atoms with Crippen LogP contribution in [0.25, 0.3) is 0 Å². The SMILES string of the molecule is CC(C)C(=O)N[C@@H](CCN1C2CCC1CC1(C2)CN(CC2CCOCC2)C(=O)N1)c1ccccc1. The van der Waals surface area contributed by atoms with E-state index in [2.05, 4.69) is 32.6 Å². The monoisotopic (exact) mass is 482 g/mol. The van der Waals surface area contributed by atoms with Crippen LogP contribution in [0.3, 0.4) is 0 Å². The van der Waals surface area contributed by atoms with E-state index in [-0.39, 0.29) is 29.4 Å². The third-order valence-corrected chi connectivity index (χ3v) is 8.71. The summed E-state index contributed by atoms with van der Waals surface area (Å²) in [5.41, 5.74) is 1.10. The fourth-order valence-corrected chi connectivity index (χ4v) is 6.83. The van der Waals surface area contributed by atoms with Crippen LogP contribution in [-0.4, -0.2) is 72.2 Å². The number of nitrogens with zero attached hydrogens (tertiary/aromatic N) is 2. The lowest BCUT2D eigenvalue weighted by atomic mass is 9.83. The highest BCUT2D eigenvalue weighted by molar-refractivity contribution is 5.78. The van der Waals surface area contributed by atoms with E-state index < -0.39 is 0 Å². The number of rotatable bonds is 8. The zero-order valence-electron chi connectivity index (χ0n) is 21.4. The van der Waals surface area contributed by atoms with Crippen LogP contribution in [-0.2, 0) is 9.53 Å². The van der Waals surface area contributed by atoms with Crippen LogP contribution in [0.5, 0.6) is 0 Å². The molecule has 2 N–H and O–H groups in total. The number of hydrogen-bond acceptors (Lipinski definition) is 4. The van der Waals surface area contributed by atoms with Crippen LogP contribution in [0.4, 0.5) is 4.79 Å². The van der Waals surface area contributed by atoms with Gasteiger partial charge >= 0.3 is 6.03 Å². The molecule has 3 atom stereocenters. The van der Waals surface area contributed by atoms with E-state index in [0.29, 0.717) is 18.0 Å². The molecule has 192 valence electrons.